The van der Waals surface area contributed by atoms with E-state index in [9.17, 15) is 0 Å². The summed E-state index contributed by atoms with van der Waals surface area (Å²) in [6.07, 6.45) is 0.301. The van der Waals surface area contributed by atoms with E-state index in [1.54, 1.807) is 0 Å². The Hall–Kier alpha value is -0.850. The SMILES string of the molecule is CCOC(C)c1ccccc1[Te]c1ccccc1C(C)OCC. The Morgan fingerprint density at radius 1 is 0.739 bits per heavy atom. The maximum atomic E-state index is 5.82. The summed E-state index contributed by atoms with van der Waals surface area (Å²) in [7, 11) is 0. The summed E-state index contributed by atoms with van der Waals surface area (Å²) < 4.78 is 14.5. The minimum atomic E-state index is -0.477. The molecule has 0 spiro atoms. The molecule has 0 aliphatic rings. The summed E-state index contributed by atoms with van der Waals surface area (Å²) in [6, 6.07) is 17.4. The predicted molar refractivity (Wildman–Crippen MR) is 98.0 cm³/mol. The van der Waals surface area contributed by atoms with Gasteiger partial charge in [-0.05, 0) is 0 Å². The normalized spacial score (nSPS) is 13.7. The Bertz CT molecular complexity index is 559. The van der Waals surface area contributed by atoms with Gasteiger partial charge in [-0.2, -0.15) is 0 Å². The van der Waals surface area contributed by atoms with Crippen molar-refractivity contribution in [2.75, 3.05) is 13.2 Å². The molecule has 0 aromatic heterocycles. The molecule has 0 amide bonds. The average Bonchev–Trinajstić information content (AvgIpc) is 2.56. The Kier molecular flexibility index (Phi) is 7.59. The van der Waals surface area contributed by atoms with E-state index in [-0.39, 0.29) is 12.2 Å². The summed E-state index contributed by atoms with van der Waals surface area (Å²) in [4.78, 5) is 0. The summed E-state index contributed by atoms with van der Waals surface area (Å²) in [6.45, 7) is 9.87. The van der Waals surface area contributed by atoms with Gasteiger partial charge in [0.1, 0.15) is 0 Å². The van der Waals surface area contributed by atoms with E-state index >= 15 is 0 Å². The Balaban J connectivity index is 2.30. The fourth-order valence-electron chi connectivity index (χ4n) is 2.62. The van der Waals surface area contributed by atoms with Gasteiger partial charge in [0, 0.05) is 0 Å². The zero-order chi connectivity index (χ0) is 16.7. The van der Waals surface area contributed by atoms with Gasteiger partial charge in [0.15, 0.2) is 0 Å². The molecule has 0 heterocycles. The fourth-order valence-corrected chi connectivity index (χ4v) is 6.14. The van der Waals surface area contributed by atoms with Crippen molar-refractivity contribution in [3.8, 4) is 0 Å². The third-order valence-electron chi connectivity index (χ3n) is 3.77. The number of hydrogen-bond acceptors (Lipinski definition) is 2. The van der Waals surface area contributed by atoms with E-state index in [1.165, 1.54) is 18.3 Å². The second kappa shape index (κ2) is 9.45. The Morgan fingerprint density at radius 2 is 1.13 bits per heavy atom. The molecule has 2 aromatic carbocycles. The first-order valence-corrected chi connectivity index (χ1v) is 10.6. The average molecular weight is 426 g/mol. The number of benzene rings is 2. The van der Waals surface area contributed by atoms with Crippen molar-refractivity contribution in [1.29, 1.82) is 0 Å². The first kappa shape index (κ1) is 18.5. The quantitative estimate of drug-likeness (QED) is 0.602. The van der Waals surface area contributed by atoms with E-state index in [1.807, 2.05) is 0 Å². The zero-order valence-corrected chi connectivity index (χ0v) is 16.7. The van der Waals surface area contributed by atoms with Crippen molar-refractivity contribution < 1.29 is 9.47 Å². The molecule has 0 fully saturated rings. The van der Waals surface area contributed by atoms with Crippen LogP contribution in [0.3, 0.4) is 0 Å². The third kappa shape index (κ3) is 5.06. The summed E-state index contributed by atoms with van der Waals surface area (Å²) in [5.74, 6) is 0. The van der Waals surface area contributed by atoms with Gasteiger partial charge in [0.2, 0.25) is 0 Å². The first-order valence-electron chi connectivity index (χ1n) is 8.26. The van der Waals surface area contributed by atoms with Gasteiger partial charge in [-0.15, -0.1) is 0 Å². The van der Waals surface area contributed by atoms with Gasteiger partial charge in [-0.25, -0.2) is 0 Å². The van der Waals surface area contributed by atoms with Crippen LogP contribution in [0.2, 0.25) is 0 Å². The molecule has 0 radical (unpaired) electrons. The monoisotopic (exact) mass is 428 g/mol. The van der Waals surface area contributed by atoms with E-state index in [0.29, 0.717) is 0 Å². The molecule has 0 aliphatic carbocycles. The Labute approximate surface area is 150 Å². The minimum absolute atomic E-state index is 0.151. The number of ether oxygens (including phenoxy) is 2. The van der Waals surface area contributed by atoms with Crippen LogP contribution in [0.5, 0.6) is 0 Å². The van der Waals surface area contributed by atoms with Gasteiger partial charge >= 0.3 is 150 Å². The van der Waals surface area contributed by atoms with Crippen LogP contribution in [0.4, 0.5) is 0 Å². The van der Waals surface area contributed by atoms with Crippen molar-refractivity contribution in [2.24, 2.45) is 0 Å². The van der Waals surface area contributed by atoms with Crippen molar-refractivity contribution in [3.05, 3.63) is 59.7 Å². The summed E-state index contributed by atoms with van der Waals surface area (Å²) in [5.41, 5.74) is 2.66. The van der Waals surface area contributed by atoms with Crippen LogP contribution < -0.4 is 7.22 Å². The van der Waals surface area contributed by atoms with Crippen LogP contribution in [0.25, 0.3) is 0 Å². The van der Waals surface area contributed by atoms with E-state index in [2.05, 4.69) is 76.2 Å². The first-order chi connectivity index (χ1) is 11.2. The maximum absolute atomic E-state index is 5.82. The van der Waals surface area contributed by atoms with E-state index < -0.39 is 20.9 Å². The van der Waals surface area contributed by atoms with Crippen LogP contribution in [0.15, 0.2) is 48.5 Å². The molecule has 2 nitrogen and oxygen atoms in total. The molecular formula is C20H26O2Te. The molecule has 0 saturated heterocycles. The van der Waals surface area contributed by atoms with Crippen LogP contribution in [-0.4, -0.2) is 34.1 Å². The second-order valence-corrected chi connectivity index (χ2v) is 8.47. The number of rotatable bonds is 8. The van der Waals surface area contributed by atoms with Gasteiger partial charge in [-0.1, -0.05) is 0 Å². The molecular weight excluding hydrogens is 400 g/mol. The molecule has 3 heteroatoms. The van der Waals surface area contributed by atoms with Crippen LogP contribution in [0.1, 0.15) is 51.0 Å². The zero-order valence-electron chi connectivity index (χ0n) is 14.4. The van der Waals surface area contributed by atoms with Crippen molar-refractivity contribution >= 4 is 28.1 Å². The van der Waals surface area contributed by atoms with Crippen LogP contribution >= 0.6 is 0 Å². The third-order valence-corrected chi connectivity index (χ3v) is 7.14. The molecule has 23 heavy (non-hydrogen) atoms. The molecule has 2 rings (SSSR count). The van der Waals surface area contributed by atoms with Crippen molar-refractivity contribution in [1.82, 2.24) is 0 Å². The van der Waals surface area contributed by atoms with Gasteiger partial charge < -0.3 is 0 Å². The summed E-state index contributed by atoms with van der Waals surface area (Å²) in [5, 5.41) is 0. The summed E-state index contributed by atoms with van der Waals surface area (Å²) >= 11 is -0.477. The molecule has 0 N–H and O–H groups in total. The number of hydrogen-bond donors (Lipinski definition) is 0. The molecule has 0 bridgehead atoms. The van der Waals surface area contributed by atoms with E-state index in [0.717, 1.165) is 13.2 Å². The fraction of sp³-hybridized carbons (Fsp3) is 0.400. The standard InChI is InChI=1S/C20H26O2Te/c1-5-21-15(3)17-11-7-9-13-19(17)23-20-14-10-8-12-18(20)16(4)22-6-2/h7-16H,5-6H2,1-4H3. The second-order valence-electron chi connectivity index (χ2n) is 5.37. The Morgan fingerprint density at radius 3 is 1.52 bits per heavy atom. The van der Waals surface area contributed by atoms with E-state index in [4.69, 9.17) is 9.47 Å². The molecule has 2 unspecified atom stereocenters. The van der Waals surface area contributed by atoms with Crippen molar-refractivity contribution in [2.45, 2.75) is 39.9 Å². The van der Waals surface area contributed by atoms with Gasteiger partial charge in [-0.3, -0.25) is 0 Å². The van der Waals surface area contributed by atoms with Crippen LogP contribution in [-0.2, 0) is 9.47 Å². The van der Waals surface area contributed by atoms with Crippen molar-refractivity contribution in [3.63, 3.8) is 0 Å². The van der Waals surface area contributed by atoms with Gasteiger partial charge in [0.05, 0.1) is 0 Å². The predicted octanol–water partition coefficient (Wildman–Crippen LogP) is 3.54. The van der Waals surface area contributed by atoms with Gasteiger partial charge in [0.25, 0.3) is 0 Å². The molecule has 2 aromatic rings. The molecule has 2 atom stereocenters. The topological polar surface area (TPSA) is 18.5 Å². The molecule has 0 saturated carbocycles. The molecule has 0 aliphatic heterocycles. The van der Waals surface area contributed by atoms with Crippen LogP contribution in [0, 0.1) is 0 Å². The molecule has 124 valence electrons.